The van der Waals surface area contributed by atoms with Crippen molar-refractivity contribution in [2.24, 2.45) is 0 Å². The lowest BCUT2D eigenvalue weighted by molar-refractivity contribution is -0.384. The van der Waals surface area contributed by atoms with Crippen LogP contribution < -0.4 is 10.5 Å². The number of nitrogens with one attached hydrogen (secondary N) is 1. The van der Waals surface area contributed by atoms with Crippen molar-refractivity contribution in [3.63, 3.8) is 0 Å². The van der Waals surface area contributed by atoms with Crippen LogP contribution in [-0.4, -0.2) is 13.3 Å². The Labute approximate surface area is 119 Å². The fraction of sp³-hybridized carbons (Fsp3) is 0. The number of nitrogen functional groups attached to an aromatic ring is 1. The molecule has 3 N–H and O–H groups in total. The van der Waals surface area contributed by atoms with Gasteiger partial charge in [-0.3, -0.25) is 14.8 Å². The Kier molecular flexibility index (Phi) is 3.76. The summed E-state index contributed by atoms with van der Waals surface area (Å²) >= 11 is 0. The smallest absolute Gasteiger partial charge is 0.271 e. The highest BCUT2D eigenvalue weighted by Gasteiger charge is 2.20. The first-order valence-electron chi connectivity index (χ1n) is 5.62. The molecule has 0 aromatic heterocycles. The van der Waals surface area contributed by atoms with Gasteiger partial charge in [0.25, 0.3) is 15.7 Å². The molecule has 0 spiro atoms. The molecule has 0 aliphatic rings. The average molecular weight is 311 g/mol. The maximum absolute atomic E-state index is 13.6. The number of hydrogen-bond acceptors (Lipinski definition) is 5. The van der Waals surface area contributed by atoms with E-state index in [0.29, 0.717) is 0 Å². The Morgan fingerprint density at radius 1 is 1.19 bits per heavy atom. The lowest BCUT2D eigenvalue weighted by Gasteiger charge is -2.10. The fourth-order valence-electron chi connectivity index (χ4n) is 1.63. The van der Waals surface area contributed by atoms with Crippen molar-refractivity contribution in [1.82, 2.24) is 0 Å². The largest absolute Gasteiger partial charge is 0.398 e. The average Bonchev–Trinajstić information content (AvgIpc) is 2.41. The molecule has 0 bridgehead atoms. The van der Waals surface area contributed by atoms with E-state index >= 15 is 0 Å². The molecule has 2 aromatic carbocycles. The summed E-state index contributed by atoms with van der Waals surface area (Å²) in [5, 5.41) is 10.6. The molecule has 7 nitrogen and oxygen atoms in total. The minimum Gasteiger partial charge on any atom is -0.398 e. The van der Waals surface area contributed by atoms with Crippen LogP contribution in [0.15, 0.2) is 47.4 Å². The number of anilines is 2. The summed E-state index contributed by atoms with van der Waals surface area (Å²) in [6, 6.07) is 8.16. The number of benzene rings is 2. The SMILES string of the molecule is Nc1ccccc1S(=O)(=O)Nc1cc([N+](=O)[O-])ccc1F. The second-order valence-electron chi connectivity index (χ2n) is 4.06. The van der Waals surface area contributed by atoms with E-state index in [1.165, 1.54) is 18.2 Å². The topological polar surface area (TPSA) is 115 Å². The highest BCUT2D eigenvalue weighted by molar-refractivity contribution is 7.92. The number of non-ortho nitro benzene ring substituents is 1. The van der Waals surface area contributed by atoms with Gasteiger partial charge in [-0.2, -0.15) is 0 Å². The van der Waals surface area contributed by atoms with E-state index in [0.717, 1.165) is 18.2 Å². The van der Waals surface area contributed by atoms with Crippen LogP contribution in [0.5, 0.6) is 0 Å². The number of rotatable bonds is 4. The third-order valence-electron chi connectivity index (χ3n) is 2.61. The van der Waals surface area contributed by atoms with Crippen molar-refractivity contribution in [2.45, 2.75) is 4.90 Å². The molecule has 0 radical (unpaired) electrons. The van der Waals surface area contributed by atoms with Gasteiger partial charge in [0.15, 0.2) is 0 Å². The molecule has 0 amide bonds. The lowest BCUT2D eigenvalue weighted by atomic mass is 10.3. The predicted molar refractivity (Wildman–Crippen MR) is 74.7 cm³/mol. The Hall–Kier alpha value is -2.68. The van der Waals surface area contributed by atoms with Gasteiger partial charge in [0.2, 0.25) is 0 Å². The van der Waals surface area contributed by atoms with E-state index in [-0.39, 0.29) is 10.6 Å². The number of nitro benzene ring substituents is 1. The predicted octanol–water partition coefficient (Wildman–Crippen LogP) is 2.12. The number of nitrogens with zero attached hydrogens (tertiary/aromatic N) is 1. The van der Waals surface area contributed by atoms with Crippen LogP contribution in [0.4, 0.5) is 21.5 Å². The Morgan fingerprint density at radius 2 is 1.86 bits per heavy atom. The monoisotopic (exact) mass is 311 g/mol. The third kappa shape index (κ3) is 3.08. The highest BCUT2D eigenvalue weighted by atomic mass is 32.2. The summed E-state index contributed by atoms with van der Waals surface area (Å²) in [5.41, 5.74) is 4.58. The summed E-state index contributed by atoms with van der Waals surface area (Å²) in [4.78, 5) is 9.64. The highest BCUT2D eigenvalue weighted by Crippen LogP contribution is 2.25. The first-order chi connectivity index (χ1) is 9.81. The number of hydrogen-bond donors (Lipinski definition) is 2. The van der Waals surface area contributed by atoms with Crippen LogP contribution in [0.1, 0.15) is 0 Å². The summed E-state index contributed by atoms with van der Waals surface area (Å²) in [6.07, 6.45) is 0. The number of nitrogens with two attached hydrogens (primary N) is 1. The molecule has 0 aliphatic carbocycles. The third-order valence-corrected chi connectivity index (χ3v) is 4.05. The van der Waals surface area contributed by atoms with Crippen molar-refractivity contribution in [1.29, 1.82) is 0 Å². The summed E-state index contributed by atoms with van der Waals surface area (Å²) < 4.78 is 39.8. The minimum absolute atomic E-state index is 0.0177. The molecule has 0 saturated heterocycles. The Balaban J connectivity index is 2.44. The fourth-order valence-corrected chi connectivity index (χ4v) is 2.82. The van der Waals surface area contributed by atoms with Gasteiger partial charge in [-0.15, -0.1) is 0 Å². The Bertz CT molecular complexity index is 808. The van der Waals surface area contributed by atoms with Gasteiger partial charge in [-0.05, 0) is 18.2 Å². The van der Waals surface area contributed by atoms with E-state index in [1.807, 2.05) is 4.72 Å². The molecule has 0 aliphatic heterocycles. The summed E-state index contributed by atoms with van der Waals surface area (Å²) in [6.45, 7) is 0. The molecule has 2 rings (SSSR count). The van der Waals surface area contributed by atoms with Crippen LogP contribution in [0.2, 0.25) is 0 Å². The van der Waals surface area contributed by atoms with Gasteiger partial charge in [0, 0.05) is 12.1 Å². The standard InChI is InChI=1S/C12H10FN3O4S/c13-9-6-5-8(16(17)18)7-11(9)15-21(19,20)12-4-2-1-3-10(12)14/h1-7,15H,14H2. The van der Waals surface area contributed by atoms with Crippen molar-refractivity contribution in [3.8, 4) is 0 Å². The van der Waals surface area contributed by atoms with Gasteiger partial charge < -0.3 is 5.73 Å². The molecule has 110 valence electrons. The van der Waals surface area contributed by atoms with E-state index in [9.17, 15) is 22.9 Å². The number of para-hydroxylation sites is 1. The molecule has 0 unspecified atom stereocenters. The zero-order valence-electron chi connectivity index (χ0n) is 10.5. The van der Waals surface area contributed by atoms with Crippen LogP contribution in [0.3, 0.4) is 0 Å². The van der Waals surface area contributed by atoms with Crippen molar-refractivity contribution in [2.75, 3.05) is 10.5 Å². The summed E-state index contributed by atoms with van der Waals surface area (Å²) in [5.74, 6) is -0.932. The molecule has 2 aromatic rings. The second kappa shape index (κ2) is 5.37. The molecule has 0 heterocycles. The van der Waals surface area contributed by atoms with Crippen molar-refractivity contribution in [3.05, 3.63) is 58.4 Å². The van der Waals surface area contributed by atoms with Crippen LogP contribution in [0, 0.1) is 15.9 Å². The quantitative estimate of drug-likeness (QED) is 0.510. The molecule has 9 heteroatoms. The van der Waals surface area contributed by atoms with E-state index in [1.54, 1.807) is 6.07 Å². The number of halogens is 1. The number of sulfonamides is 1. The zero-order chi connectivity index (χ0) is 15.6. The maximum Gasteiger partial charge on any atom is 0.271 e. The van der Waals surface area contributed by atoms with Gasteiger partial charge in [-0.25, -0.2) is 12.8 Å². The second-order valence-corrected chi connectivity index (χ2v) is 5.72. The molecule has 21 heavy (non-hydrogen) atoms. The van der Waals surface area contributed by atoms with E-state index in [4.69, 9.17) is 5.73 Å². The molecular weight excluding hydrogens is 301 g/mol. The van der Waals surface area contributed by atoms with Gasteiger partial charge >= 0.3 is 0 Å². The first kappa shape index (κ1) is 14.7. The minimum atomic E-state index is -4.15. The van der Waals surface area contributed by atoms with Crippen LogP contribution >= 0.6 is 0 Å². The summed E-state index contributed by atoms with van der Waals surface area (Å²) in [7, 11) is -4.15. The van der Waals surface area contributed by atoms with Gasteiger partial charge in [0.05, 0.1) is 16.3 Å². The molecular formula is C12H10FN3O4S. The molecule has 0 fully saturated rings. The number of nitro groups is 1. The van der Waals surface area contributed by atoms with Gasteiger partial charge in [0.1, 0.15) is 10.7 Å². The molecule has 0 saturated carbocycles. The Morgan fingerprint density at radius 3 is 2.48 bits per heavy atom. The van der Waals surface area contributed by atoms with Gasteiger partial charge in [-0.1, -0.05) is 12.1 Å². The maximum atomic E-state index is 13.6. The van der Waals surface area contributed by atoms with E-state index < -0.39 is 32.1 Å². The normalized spacial score (nSPS) is 11.1. The van der Waals surface area contributed by atoms with Crippen LogP contribution in [-0.2, 0) is 10.0 Å². The van der Waals surface area contributed by atoms with E-state index in [2.05, 4.69) is 0 Å². The van der Waals surface area contributed by atoms with Crippen LogP contribution in [0.25, 0.3) is 0 Å². The lowest BCUT2D eigenvalue weighted by Crippen LogP contribution is -2.15. The zero-order valence-corrected chi connectivity index (χ0v) is 11.3. The van der Waals surface area contributed by atoms with Crippen molar-refractivity contribution < 1.29 is 17.7 Å². The van der Waals surface area contributed by atoms with Crippen molar-refractivity contribution >= 4 is 27.1 Å². The first-order valence-corrected chi connectivity index (χ1v) is 7.11. The molecule has 0 atom stereocenters.